The Morgan fingerprint density at radius 1 is 1.00 bits per heavy atom. The fraction of sp³-hybridized carbons (Fsp3) is 0.632. The average molecular weight is 315 g/mol. The van der Waals surface area contributed by atoms with Crippen molar-refractivity contribution in [2.45, 2.75) is 52.5 Å². The minimum absolute atomic E-state index is 0.133. The zero-order valence-electron chi connectivity index (χ0n) is 14.7. The standard InChI is InChI=1S/C19H29N3O/c1-14-12-15(2)18(16(3)13-14)21-8-10-22(11-9-21)19(23)20-17-6-4-5-7-17/h12-13,17H,4-11H2,1-3H3,(H,20,23). The van der Waals surface area contributed by atoms with Crippen LogP contribution in [0.2, 0.25) is 0 Å². The fourth-order valence-corrected chi connectivity index (χ4v) is 4.14. The number of rotatable bonds is 2. The maximum atomic E-state index is 12.4. The topological polar surface area (TPSA) is 35.6 Å². The van der Waals surface area contributed by atoms with Gasteiger partial charge in [-0.2, -0.15) is 0 Å². The molecule has 2 fully saturated rings. The highest BCUT2D eigenvalue weighted by Gasteiger charge is 2.25. The number of hydrogen-bond donors (Lipinski definition) is 1. The molecule has 0 atom stereocenters. The van der Waals surface area contributed by atoms with E-state index in [9.17, 15) is 4.79 Å². The van der Waals surface area contributed by atoms with E-state index >= 15 is 0 Å². The lowest BCUT2D eigenvalue weighted by atomic mass is 10.0. The third-order valence-corrected chi connectivity index (χ3v) is 5.20. The first-order valence-corrected chi connectivity index (χ1v) is 8.93. The molecular weight excluding hydrogens is 286 g/mol. The number of carbonyl (C=O) groups is 1. The van der Waals surface area contributed by atoms with E-state index in [1.807, 2.05) is 4.90 Å². The number of aryl methyl sites for hydroxylation is 3. The van der Waals surface area contributed by atoms with Crippen molar-refractivity contribution in [2.75, 3.05) is 31.1 Å². The zero-order chi connectivity index (χ0) is 16.4. The number of anilines is 1. The molecule has 0 bridgehead atoms. The second kappa shape index (κ2) is 6.81. The lowest BCUT2D eigenvalue weighted by molar-refractivity contribution is 0.190. The lowest BCUT2D eigenvalue weighted by Gasteiger charge is -2.38. The normalized spacial score (nSPS) is 19.3. The predicted octanol–water partition coefficient (Wildman–Crippen LogP) is 3.39. The molecule has 1 aromatic carbocycles. The summed E-state index contributed by atoms with van der Waals surface area (Å²) in [4.78, 5) is 16.8. The summed E-state index contributed by atoms with van der Waals surface area (Å²) in [6.45, 7) is 9.99. The second-order valence-electron chi connectivity index (χ2n) is 7.15. The van der Waals surface area contributed by atoms with E-state index in [2.05, 4.69) is 43.1 Å². The van der Waals surface area contributed by atoms with E-state index in [1.54, 1.807) is 0 Å². The van der Waals surface area contributed by atoms with Gasteiger partial charge in [0.25, 0.3) is 0 Å². The predicted molar refractivity (Wildman–Crippen MR) is 95.2 cm³/mol. The van der Waals surface area contributed by atoms with Crippen molar-refractivity contribution in [1.29, 1.82) is 0 Å². The highest BCUT2D eigenvalue weighted by molar-refractivity contribution is 5.75. The molecule has 1 saturated heterocycles. The maximum Gasteiger partial charge on any atom is 0.317 e. The molecule has 2 aliphatic rings. The Labute approximate surface area is 139 Å². The van der Waals surface area contributed by atoms with Gasteiger partial charge in [-0.1, -0.05) is 30.5 Å². The summed E-state index contributed by atoms with van der Waals surface area (Å²) in [5.74, 6) is 0. The first kappa shape index (κ1) is 16.2. The summed E-state index contributed by atoms with van der Waals surface area (Å²) in [6.07, 6.45) is 4.80. The largest absolute Gasteiger partial charge is 0.368 e. The molecule has 0 radical (unpaired) electrons. The van der Waals surface area contributed by atoms with E-state index in [0.717, 1.165) is 39.0 Å². The van der Waals surface area contributed by atoms with Gasteiger partial charge in [-0.25, -0.2) is 4.79 Å². The minimum atomic E-state index is 0.133. The van der Waals surface area contributed by atoms with Gasteiger partial charge in [0, 0.05) is 37.9 Å². The highest BCUT2D eigenvalue weighted by Crippen LogP contribution is 2.27. The van der Waals surface area contributed by atoms with Gasteiger partial charge in [0.05, 0.1) is 0 Å². The van der Waals surface area contributed by atoms with E-state index in [-0.39, 0.29) is 6.03 Å². The van der Waals surface area contributed by atoms with Crippen LogP contribution in [-0.4, -0.2) is 43.2 Å². The Kier molecular flexibility index (Phi) is 4.79. The third-order valence-electron chi connectivity index (χ3n) is 5.20. The number of benzene rings is 1. The van der Waals surface area contributed by atoms with Crippen molar-refractivity contribution in [3.05, 3.63) is 28.8 Å². The molecule has 1 aromatic rings. The van der Waals surface area contributed by atoms with Crippen LogP contribution in [0.15, 0.2) is 12.1 Å². The molecule has 1 saturated carbocycles. The van der Waals surface area contributed by atoms with Crippen LogP contribution in [0.1, 0.15) is 42.4 Å². The van der Waals surface area contributed by atoms with Gasteiger partial charge in [-0.3, -0.25) is 0 Å². The zero-order valence-corrected chi connectivity index (χ0v) is 14.7. The fourth-order valence-electron chi connectivity index (χ4n) is 4.14. The molecule has 4 nitrogen and oxygen atoms in total. The van der Waals surface area contributed by atoms with Gasteiger partial charge in [-0.15, -0.1) is 0 Å². The Balaban J connectivity index is 1.59. The van der Waals surface area contributed by atoms with E-state index < -0.39 is 0 Å². The Morgan fingerprint density at radius 3 is 2.13 bits per heavy atom. The first-order valence-electron chi connectivity index (χ1n) is 8.93. The number of nitrogens with one attached hydrogen (secondary N) is 1. The molecule has 1 heterocycles. The Hall–Kier alpha value is -1.71. The molecule has 0 aromatic heterocycles. The molecule has 4 heteroatoms. The van der Waals surface area contributed by atoms with Gasteiger partial charge < -0.3 is 15.1 Å². The van der Waals surface area contributed by atoms with Crippen molar-refractivity contribution in [3.63, 3.8) is 0 Å². The molecule has 1 aliphatic carbocycles. The van der Waals surface area contributed by atoms with E-state index in [4.69, 9.17) is 0 Å². The van der Waals surface area contributed by atoms with Crippen LogP contribution in [0.5, 0.6) is 0 Å². The first-order chi connectivity index (χ1) is 11.0. The third kappa shape index (κ3) is 3.62. The van der Waals surface area contributed by atoms with Crippen LogP contribution in [0.25, 0.3) is 0 Å². The van der Waals surface area contributed by atoms with Gasteiger partial charge in [0.1, 0.15) is 0 Å². The number of carbonyl (C=O) groups excluding carboxylic acids is 1. The van der Waals surface area contributed by atoms with Crippen molar-refractivity contribution in [2.24, 2.45) is 0 Å². The van der Waals surface area contributed by atoms with E-state index in [1.165, 1.54) is 35.2 Å². The minimum Gasteiger partial charge on any atom is -0.368 e. The molecule has 1 N–H and O–H groups in total. The molecule has 126 valence electrons. The van der Waals surface area contributed by atoms with Crippen LogP contribution in [-0.2, 0) is 0 Å². The van der Waals surface area contributed by atoms with Crippen LogP contribution in [0.3, 0.4) is 0 Å². The second-order valence-corrected chi connectivity index (χ2v) is 7.15. The van der Waals surface area contributed by atoms with Crippen molar-refractivity contribution < 1.29 is 4.79 Å². The molecular formula is C19H29N3O. The summed E-state index contributed by atoms with van der Waals surface area (Å²) in [5, 5.41) is 3.20. The van der Waals surface area contributed by atoms with Crippen LogP contribution in [0, 0.1) is 20.8 Å². The number of amides is 2. The number of nitrogens with zero attached hydrogens (tertiary/aromatic N) is 2. The van der Waals surface area contributed by atoms with Gasteiger partial charge in [-0.05, 0) is 44.7 Å². The summed E-state index contributed by atoms with van der Waals surface area (Å²) >= 11 is 0. The summed E-state index contributed by atoms with van der Waals surface area (Å²) in [7, 11) is 0. The van der Waals surface area contributed by atoms with Crippen LogP contribution in [0.4, 0.5) is 10.5 Å². The van der Waals surface area contributed by atoms with E-state index in [0.29, 0.717) is 6.04 Å². The summed E-state index contributed by atoms with van der Waals surface area (Å²) in [6, 6.07) is 5.04. The SMILES string of the molecule is Cc1cc(C)c(N2CCN(C(=O)NC3CCCC3)CC2)c(C)c1. The number of urea groups is 1. The van der Waals surface area contributed by atoms with Crippen molar-refractivity contribution >= 4 is 11.7 Å². The average Bonchev–Trinajstić information content (AvgIpc) is 2.99. The number of piperazine rings is 1. The number of hydrogen-bond acceptors (Lipinski definition) is 2. The van der Waals surface area contributed by atoms with Crippen molar-refractivity contribution in [3.8, 4) is 0 Å². The Bertz CT molecular complexity index is 547. The quantitative estimate of drug-likeness (QED) is 0.908. The summed E-state index contributed by atoms with van der Waals surface area (Å²) in [5.41, 5.74) is 5.35. The van der Waals surface area contributed by atoms with Crippen LogP contribution >= 0.6 is 0 Å². The van der Waals surface area contributed by atoms with Gasteiger partial charge in [0.2, 0.25) is 0 Å². The smallest absolute Gasteiger partial charge is 0.317 e. The van der Waals surface area contributed by atoms with Gasteiger partial charge in [0.15, 0.2) is 0 Å². The molecule has 23 heavy (non-hydrogen) atoms. The van der Waals surface area contributed by atoms with Crippen molar-refractivity contribution in [1.82, 2.24) is 10.2 Å². The van der Waals surface area contributed by atoms with Gasteiger partial charge >= 0.3 is 6.03 Å². The summed E-state index contributed by atoms with van der Waals surface area (Å²) < 4.78 is 0. The lowest BCUT2D eigenvalue weighted by Crippen LogP contribution is -2.53. The maximum absolute atomic E-state index is 12.4. The molecule has 0 unspecified atom stereocenters. The molecule has 1 aliphatic heterocycles. The highest BCUT2D eigenvalue weighted by atomic mass is 16.2. The monoisotopic (exact) mass is 315 g/mol. The van der Waals surface area contributed by atoms with Crippen LogP contribution < -0.4 is 10.2 Å². The molecule has 2 amide bonds. The molecule has 0 spiro atoms. The molecule has 3 rings (SSSR count). The Morgan fingerprint density at radius 2 is 1.57 bits per heavy atom.